The molecule has 0 fully saturated rings. The molecule has 5 nitrogen and oxygen atoms in total. The second kappa shape index (κ2) is 3.64. The van der Waals surface area contributed by atoms with E-state index in [0.717, 1.165) is 0 Å². The van der Waals surface area contributed by atoms with Crippen molar-refractivity contribution in [3.63, 3.8) is 0 Å². The summed E-state index contributed by atoms with van der Waals surface area (Å²) in [5.41, 5.74) is 0.188. The first-order valence-electron chi connectivity index (χ1n) is 4.21. The predicted molar refractivity (Wildman–Crippen MR) is 48.8 cm³/mol. The molecule has 0 aliphatic rings. The molecule has 2 aromatic heterocycles. The van der Waals surface area contributed by atoms with Gasteiger partial charge in [0.25, 0.3) is 0 Å². The van der Waals surface area contributed by atoms with Crippen molar-refractivity contribution in [2.24, 2.45) is 0 Å². The van der Waals surface area contributed by atoms with E-state index in [2.05, 4.69) is 15.1 Å². The number of pyridine rings is 1. The average Bonchev–Trinajstić information content (AvgIpc) is 2.64. The molecule has 0 saturated heterocycles. The van der Waals surface area contributed by atoms with Crippen LogP contribution in [0.2, 0.25) is 0 Å². The van der Waals surface area contributed by atoms with Crippen LogP contribution in [-0.4, -0.2) is 22.2 Å². The molecule has 0 aliphatic heterocycles. The lowest BCUT2D eigenvalue weighted by Gasteiger charge is -2.00. The third kappa shape index (κ3) is 1.78. The van der Waals surface area contributed by atoms with E-state index in [1.807, 2.05) is 0 Å². The first-order valence-corrected chi connectivity index (χ1v) is 4.21. The van der Waals surface area contributed by atoms with Gasteiger partial charge in [-0.05, 0) is 0 Å². The van der Waals surface area contributed by atoms with Crippen LogP contribution < -0.4 is 4.74 Å². The van der Waals surface area contributed by atoms with Gasteiger partial charge in [0.1, 0.15) is 5.82 Å². The second-order valence-corrected chi connectivity index (χ2v) is 2.84. The molecule has 2 aromatic rings. The van der Waals surface area contributed by atoms with E-state index in [1.165, 1.54) is 19.4 Å². The number of hydrogen-bond acceptors (Lipinski definition) is 5. The van der Waals surface area contributed by atoms with E-state index in [-0.39, 0.29) is 17.3 Å². The Morgan fingerprint density at radius 3 is 2.80 bits per heavy atom. The molecule has 78 valence electrons. The fourth-order valence-corrected chi connectivity index (χ4v) is 1.10. The van der Waals surface area contributed by atoms with Crippen molar-refractivity contribution in [2.45, 2.75) is 6.92 Å². The fourth-order valence-electron chi connectivity index (χ4n) is 1.10. The zero-order valence-corrected chi connectivity index (χ0v) is 8.19. The lowest BCUT2D eigenvalue weighted by molar-refractivity contribution is 0.391. The number of ether oxygens (including phenoxy) is 1. The number of aromatic nitrogens is 3. The first kappa shape index (κ1) is 9.57. The Morgan fingerprint density at radius 1 is 1.47 bits per heavy atom. The van der Waals surface area contributed by atoms with E-state index in [1.54, 1.807) is 6.92 Å². The van der Waals surface area contributed by atoms with E-state index < -0.39 is 5.82 Å². The molecular weight excluding hydrogens is 201 g/mol. The maximum absolute atomic E-state index is 13.5. The summed E-state index contributed by atoms with van der Waals surface area (Å²) < 4.78 is 23.0. The number of methoxy groups -OCH3 is 1. The van der Waals surface area contributed by atoms with Gasteiger partial charge in [0.15, 0.2) is 0 Å². The Balaban J connectivity index is 2.45. The van der Waals surface area contributed by atoms with E-state index >= 15 is 0 Å². The molecule has 6 heteroatoms. The molecule has 15 heavy (non-hydrogen) atoms. The lowest BCUT2D eigenvalue weighted by atomic mass is 10.2. The number of aryl methyl sites for hydroxylation is 1. The highest BCUT2D eigenvalue weighted by atomic mass is 19.1. The van der Waals surface area contributed by atoms with Crippen molar-refractivity contribution in [1.29, 1.82) is 0 Å². The first-order chi connectivity index (χ1) is 7.20. The van der Waals surface area contributed by atoms with Gasteiger partial charge in [0, 0.05) is 19.2 Å². The van der Waals surface area contributed by atoms with Gasteiger partial charge in [-0.1, -0.05) is 5.16 Å². The van der Waals surface area contributed by atoms with E-state index in [4.69, 9.17) is 9.26 Å². The van der Waals surface area contributed by atoms with Gasteiger partial charge >= 0.3 is 0 Å². The van der Waals surface area contributed by atoms with Crippen molar-refractivity contribution in [3.05, 3.63) is 24.0 Å². The molecule has 2 heterocycles. The molecule has 0 amide bonds. The summed E-state index contributed by atoms with van der Waals surface area (Å²) in [6.45, 7) is 1.63. The predicted octanol–water partition coefficient (Wildman–Crippen LogP) is 1.59. The maximum Gasteiger partial charge on any atom is 0.223 e. The van der Waals surface area contributed by atoms with Gasteiger partial charge in [-0.2, -0.15) is 4.98 Å². The number of nitrogens with zero attached hydrogens (tertiary/aromatic N) is 3. The minimum Gasteiger partial charge on any atom is -0.481 e. The number of halogens is 1. The Labute approximate surface area is 84.9 Å². The molecule has 0 N–H and O–H groups in total. The summed E-state index contributed by atoms with van der Waals surface area (Å²) in [4.78, 5) is 7.76. The zero-order valence-electron chi connectivity index (χ0n) is 8.19. The summed E-state index contributed by atoms with van der Waals surface area (Å²) in [6.07, 6.45) is 1.30. The van der Waals surface area contributed by atoms with Crippen molar-refractivity contribution < 1.29 is 13.7 Å². The van der Waals surface area contributed by atoms with Crippen LogP contribution in [0, 0.1) is 12.7 Å². The van der Waals surface area contributed by atoms with Gasteiger partial charge in [0.05, 0.1) is 12.7 Å². The van der Waals surface area contributed by atoms with E-state index in [9.17, 15) is 4.39 Å². The topological polar surface area (TPSA) is 61.0 Å². The van der Waals surface area contributed by atoms with Gasteiger partial charge in [0.2, 0.25) is 17.6 Å². The molecule has 2 rings (SSSR count). The lowest BCUT2D eigenvalue weighted by Crippen LogP contribution is -1.92. The SMILES string of the molecule is COc1cc(F)c(-c2noc(C)n2)cn1. The third-order valence-corrected chi connectivity index (χ3v) is 1.81. The van der Waals surface area contributed by atoms with Crippen LogP contribution in [0.15, 0.2) is 16.8 Å². The third-order valence-electron chi connectivity index (χ3n) is 1.81. The monoisotopic (exact) mass is 209 g/mol. The summed E-state index contributed by atoms with van der Waals surface area (Å²) in [5.74, 6) is 0.263. The molecule has 0 bridgehead atoms. The average molecular weight is 209 g/mol. The summed E-state index contributed by atoms with van der Waals surface area (Å²) in [5, 5.41) is 3.60. The van der Waals surface area contributed by atoms with Gasteiger partial charge in [-0.3, -0.25) is 0 Å². The molecular formula is C9H8FN3O2. The number of rotatable bonds is 2. The molecule has 0 aliphatic carbocycles. The molecule has 0 atom stereocenters. The van der Waals surface area contributed by atoms with Crippen molar-refractivity contribution in [2.75, 3.05) is 7.11 Å². The zero-order chi connectivity index (χ0) is 10.8. The van der Waals surface area contributed by atoms with E-state index in [0.29, 0.717) is 5.89 Å². The largest absolute Gasteiger partial charge is 0.481 e. The molecule has 0 aromatic carbocycles. The standard InChI is InChI=1S/C9H8FN3O2/c1-5-12-9(13-15-5)6-4-11-8(14-2)3-7(6)10/h3-4H,1-2H3. The Morgan fingerprint density at radius 2 is 2.27 bits per heavy atom. The summed E-state index contributed by atoms with van der Waals surface area (Å²) in [7, 11) is 1.42. The van der Waals surface area contributed by atoms with Crippen LogP contribution in [0.5, 0.6) is 5.88 Å². The molecule has 0 unspecified atom stereocenters. The van der Waals surface area contributed by atoms with Gasteiger partial charge in [-0.15, -0.1) is 0 Å². The normalized spacial score (nSPS) is 10.3. The van der Waals surface area contributed by atoms with Crippen LogP contribution >= 0.6 is 0 Å². The molecule has 0 saturated carbocycles. The second-order valence-electron chi connectivity index (χ2n) is 2.84. The highest BCUT2D eigenvalue weighted by Gasteiger charge is 2.12. The molecule has 0 radical (unpaired) electrons. The van der Waals surface area contributed by atoms with Crippen LogP contribution in [-0.2, 0) is 0 Å². The van der Waals surface area contributed by atoms with Crippen LogP contribution in [0.4, 0.5) is 4.39 Å². The minimum absolute atomic E-state index is 0.181. The van der Waals surface area contributed by atoms with Crippen molar-refractivity contribution in [1.82, 2.24) is 15.1 Å². The Kier molecular flexibility index (Phi) is 2.32. The van der Waals surface area contributed by atoms with Crippen LogP contribution in [0.3, 0.4) is 0 Å². The van der Waals surface area contributed by atoms with Crippen molar-refractivity contribution in [3.8, 4) is 17.3 Å². The quantitative estimate of drug-likeness (QED) is 0.751. The van der Waals surface area contributed by atoms with Gasteiger partial charge < -0.3 is 9.26 Å². The highest BCUT2D eigenvalue weighted by Crippen LogP contribution is 2.21. The summed E-state index contributed by atoms with van der Waals surface area (Å²) in [6, 6.07) is 1.17. The van der Waals surface area contributed by atoms with Crippen LogP contribution in [0.25, 0.3) is 11.4 Å². The minimum atomic E-state index is -0.498. The number of hydrogen-bond donors (Lipinski definition) is 0. The highest BCUT2D eigenvalue weighted by molar-refractivity contribution is 5.54. The summed E-state index contributed by atoms with van der Waals surface area (Å²) >= 11 is 0. The Bertz CT molecular complexity index is 484. The van der Waals surface area contributed by atoms with Crippen LogP contribution in [0.1, 0.15) is 5.89 Å². The smallest absolute Gasteiger partial charge is 0.223 e. The maximum atomic E-state index is 13.5. The van der Waals surface area contributed by atoms with Gasteiger partial charge in [-0.25, -0.2) is 9.37 Å². The fraction of sp³-hybridized carbons (Fsp3) is 0.222. The Hall–Kier alpha value is -1.98. The van der Waals surface area contributed by atoms with Crippen molar-refractivity contribution >= 4 is 0 Å². The molecule has 0 spiro atoms.